The van der Waals surface area contributed by atoms with E-state index in [9.17, 15) is 0 Å². The minimum absolute atomic E-state index is 0. The van der Waals surface area contributed by atoms with Crippen LogP contribution in [-0.2, 0) is 0 Å². The lowest BCUT2D eigenvalue weighted by molar-refractivity contribution is 0.549. The second-order valence-electron chi connectivity index (χ2n) is 6.99. The van der Waals surface area contributed by atoms with Gasteiger partial charge in [-0.15, -0.1) is 24.8 Å². The van der Waals surface area contributed by atoms with Gasteiger partial charge in [-0.25, -0.2) is 4.98 Å². The predicted molar refractivity (Wildman–Crippen MR) is 130 cm³/mol. The van der Waals surface area contributed by atoms with Crippen molar-refractivity contribution >= 4 is 70.6 Å². The van der Waals surface area contributed by atoms with Crippen molar-refractivity contribution in [2.75, 3.05) is 35.6 Å². The Balaban J connectivity index is 0.00000160. The normalized spacial score (nSPS) is 15.5. The molecule has 2 aromatic heterocycles. The molecule has 0 saturated carbocycles. The number of nitrogens with one attached hydrogen (secondary N) is 2. The molecule has 30 heavy (non-hydrogen) atoms. The van der Waals surface area contributed by atoms with Crippen LogP contribution in [0.15, 0.2) is 36.5 Å². The Morgan fingerprint density at radius 2 is 2.07 bits per heavy atom. The summed E-state index contributed by atoms with van der Waals surface area (Å²) in [5.41, 5.74) is 8.84. The molecular weight excluding hydrogens is 445 g/mol. The topological polar surface area (TPSA) is 92.0 Å². The van der Waals surface area contributed by atoms with Gasteiger partial charge in [0.15, 0.2) is 5.82 Å². The second kappa shape index (κ2) is 10.8. The van der Waals surface area contributed by atoms with E-state index in [2.05, 4.69) is 32.4 Å². The van der Waals surface area contributed by atoms with E-state index in [1.165, 1.54) is 0 Å². The summed E-state index contributed by atoms with van der Waals surface area (Å²) < 4.78 is 0. The molecule has 0 bridgehead atoms. The minimum atomic E-state index is 0. The molecule has 3 heterocycles. The van der Waals surface area contributed by atoms with Crippen molar-refractivity contribution in [3.05, 3.63) is 41.6 Å². The fourth-order valence-corrected chi connectivity index (χ4v) is 3.56. The summed E-state index contributed by atoms with van der Waals surface area (Å²) in [5, 5.41) is 7.37. The number of halogens is 3. The number of rotatable bonds is 6. The molecule has 0 aliphatic carbocycles. The van der Waals surface area contributed by atoms with Gasteiger partial charge >= 0.3 is 0 Å². The first-order chi connectivity index (χ1) is 13.6. The third-order valence-corrected chi connectivity index (χ3v) is 5.20. The molecule has 1 aromatic carbocycles. The summed E-state index contributed by atoms with van der Waals surface area (Å²) in [4.78, 5) is 16.2. The largest absolute Gasteiger partial charge is 0.397 e. The van der Waals surface area contributed by atoms with Crippen LogP contribution in [0.25, 0.3) is 11.0 Å². The monoisotopic (exact) mass is 469 g/mol. The van der Waals surface area contributed by atoms with E-state index in [0.29, 0.717) is 22.7 Å². The van der Waals surface area contributed by atoms with Gasteiger partial charge in [-0.1, -0.05) is 18.5 Å². The van der Waals surface area contributed by atoms with E-state index in [4.69, 9.17) is 22.3 Å². The molecule has 1 aliphatic rings. The summed E-state index contributed by atoms with van der Waals surface area (Å²) in [6.45, 7) is 5.07. The van der Waals surface area contributed by atoms with Crippen LogP contribution in [0.2, 0.25) is 5.02 Å². The number of pyridine rings is 1. The van der Waals surface area contributed by atoms with Crippen LogP contribution in [0, 0.1) is 0 Å². The fraction of sp³-hybridized carbons (Fsp3) is 0.350. The van der Waals surface area contributed by atoms with E-state index in [1.807, 2.05) is 18.2 Å². The summed E-state index contributed by atoms with van der Waals surface area (Å²) in [6, 6.07) is 9.71. The van der Waals surface area contributed by atoms with Gasteiger partial charge in [-0.05, 0) is 49.7 Å². The van der Waals surface area contributed by atoms with Crippen molar-refractivity contribution in [1.82, 2.24) is 20.3 Å². The SMILES string of the molecule is CCCN[C@H]1CCN(c2nc(Nc3ccc(Cl)c(N)c3)nc3cccnc23)C1.Cl.Cl. The van der Waals surface area contributed by atoms with Crippen LogP contribution in [-0.4, -0.2) is 40.6 Å². The van der Waals surface area contributed by atoms with E-state index in [0.717, 1.165) is 55.0 Å². The summed E-state index contributed by atoms with van der Waals surface area (Å²) in [7, 11) is 0. The van der Waals surface area contributed by atoms with Gasteiger partial charge < -0.3 is 21.3 Å². The maximum Gasteiger partial charge on any atom is 0.229 e. The minimum Gasteiger partial charge on any atom is -0.397 e. The molecule has 162 valence electrons. The molecule has 1 fully saturated rings. The molecule has 0 unspecified atom stereocenters. The highest BCUT2D eigenvalue weighted by atomic mass is 35.5. The fourth-order valence-electron chi connectivity index (χ4n) is 3.45. The Kier molecular flexibility index (Phi) is 8.73. The standard InChI is InChI=1S/C20H24ClN7.2ClH/c1-2-8-23-14-7-10-28(12-14)19-18-17(4-3-9-24-18)26-20(27-19)25-13-5-6-15(21)16(22)11-13;;/h3-6,9,11,14,23H,2,7-8,10,12,22H2,1H3,(H,25,26,27);2*1H/t14-;;/m0../s1. The van der Waals surface area contributed by atoms with E-state index in [1.54, 1.807) is 18.3 Å². The first kappa shape index (κ1) is 24.2. The molecule has 10 heteroatoms. The lowest BCUT2D eigenvalue weighted by atomic mass is 10.2. The quantitative estimate of drug-likeness (QED) is 0.459. The molecule has 0 amide bonds. The van der Waals surface area contributed by atoms with Crippen molar-refractivity contribution < 1.29 is 0 Å². The number of anilines is 4. The molecule has 0 radical (unpaired) electrons. The zero-order valence-corrected chi connectivity index (χ0v) is 19.0. The molecule has 0 spiro atoms. The van der Waals surface area contributed by atoms with Crippen molar-refractivity contribution in [3.63, 3.8) is 0 Å². The molecule has 3 aromatic rings. The number of aromatic nitrogens is 3. The molecule has 4 N–H and O–H groups in total. The highest BCUT2D eigenvalue weighted by molar-refractivity contribution is 6.33. The number of nitrogen functional groups attached to an aromatic ring is 1. The first-order valence-corrected chi connectivity index (χ1v) is 9.95. The highest BCUT2D eigenvalue weighted by Crippen LogP contribution is 2.29. The lowest BCUT2D eigenvalue weighted by Crippen LogP contribution is -2.33. The third kappa shape index (κ3) is 5.35. The molecular formula is C20H26Cl3N7. The lowest BCUT2D eigenvalue weighted by Gasteiger charge is -2.20. The number of hydrogen-bond donors (Lipinski definition) is 3. The maximum absolute atomic E-state index is 6.02. The summed E-state index contributed by atoms with van der Waals surface area (Å²) >= 11 is 6.02. The van der Waals surface area contributed by atoms with Crippen LogP contribution < -0.4 is 21.3 Å². The van der Waals surface area contributed by atoms with Crippen molar-refractivity contribution in [2.24, 2.45) is 0 Å². The van der Waals surface area contributed by atoms with Crippen LogP contribution in [0.5, 0.6) is 0 Å². The number of benzene rings is 1. The van der Waals surface area contributed by atoms with E-state index >= 15 is 0 Å². The van der Waals surface area contributed by atoms with Gasteiger partial charge in [-0.2, -0.15) is 4.98 Å². The summed E-state index contributed by atoms with van der Waals surface area (Å²) in [5.74, 6) is 1.37. The van der Waals surface area contributed by atoms with Crippen LogP contribution in [0.4, 0.5) is 23.1 Å². The van der Waals surface area contributed by atoms with E-state index < -0.39 is 0 Å². The van der Waals surface area contributed by atoms with Crippen LogP contribution in [0.3, 0.4) is 0 Å². The Hall–Kier alpha value is -2.06. The van der Waals surface area contributed by atoms with Crippen molar-refractivity contribution in [3.8, 4) is 0 Å². The third-order valence-electron chi connectivity index (χ3n) is 4.86. The smallest absolute Gasteiger partial charge is 0.229 e. The van der Waals surface area contributed by atoms with Gasteiger partial charge in [0.1, 0.15) is 5.52 Å². The number of fused-ring (bicyclic) bond motifs is 1. The van der Waals surface area contributed by atoms with Gasteiger partial charge in [0.2, 0.25) is 5.95 Å². The number of nitrogens with zero attached hydrogens (tertiary/aromatic N) is 4. The predicted octanol–water partition coefficient (Wildman–Crippen LogP) is 4.43. The average molecular weight is 471 g/mol. The first-order valence-electron chi connectivity index (χ1n) is 9.57. The van der Waals surface area contributed by atoms with Crippen LogP contribution >= 0.6 is 36.4 Å². The second-order valence-corrected chi connectivity index (χ2v) is 7.40. The van der Waals surface area contributed by atoms with Gasteiger partial charge in [-0.3, -0.25) is 4.98 Å². The van der Waals surface area contributed by atoms with Crippen molar-refractivity contribution in [1.29, 1.82) is 0 Å². The molecule has 4 rings (SSSR count). The zero-order valence-electron chi connectivity index (χ0n) is 16.6. The Morgan fingerprint density at radius 1 is 1.23 bits per heavy atom. The average Bonchev–Trinajstić information content (AvgIpc) is 3.17. The molecule has 7 nitrogen and oxygen atoms in total. The Morgan fingerprint density at radius 3 is 2.83 bits per heavy atom. The number of nitrogens with two attached hydrogens (primary N) is 1. The van der Waals surface area contributed by atoms with Gasteiger partial charge in [0.25, 0.3) is 0 Å². The van der Waals surface area contributed by atoms with Crippen LogP contribution in [0.1, 0.15) is 19.8 Å². The highest BCUT2D eigenvalue weighted by Gasteiger charge is 2.25. The van der Waals surface area contributed by atoms with Gasteiger partial charge in [0.05, 0.1) is 16.2 Å². The maximum atomic E-state index is 6.02. The molecule has 1 aliphatic heterocycles. The van der Waals surface area contributed by atoms with E-state index in [-0.39, 0.29) is 24.8 Å². The Bertz CT molecular complexity index is 986. The van der Waals surface area contributed by atoms with Crippen molar-refractivity contribution in [2.45, 2.75) is 25.8 Å². The number of hydrogen-bond acceptors (Lipinski definition) is 7. The summed E-state index contributed by atoms with van der Waals surface area (Å²) in [6.07, 6.45) is 4.01. The zero-order chi connectivity index (χ0) is 19.5. The Labute approximate surface area is 193 Å². The van der Waals surface area contributed by atoms with Gasteiger partial charge in [0, 0.05) is 31.0 Å². The molecule has 1 saturated heterocycles. The molecule has 1 atom stereocenters.